The number of hydrogen-bond donors (Lipinski definition) is 0. The summed E-state index contributed by atoms with van der Waals surface area (Å²) in [6.45, 7) is 38.9. The lowest BCUT2D eigenvalue weighted by Crippen LogP contribution is -2.49. The van der Waals surface area contributed by atoms with Gasteiger partial charge in [-0.05, 0) is 136 Å². The Morgan fingerprint density at radius 3 is 2.15 bits per heavy atom. The van der Waals surface area contributed by atoms with E-state index < -0.39 is 16.6 Å². The fourth-order valence-corrected chi connectivity index (χ4v) is 11.1. The first-order chi connectivity index (χ1) is 21.3. The third-order valence-electron chi connectivity index (χ3n) is 13.3. The fourth-order valence-electron chi connectivity index (χ4n) is 8.47. The molecule has 270 valence electrons. The highest BCUT2D eigenvalue weighted by atomic mass is 28.4. The van der Waals surface area contributed by atoms with Crippen LogP contribution in [0.5, 0.6) is 0 Å². The second-order valence-corrected chi connectivity index (χ2v) is 29.1. The van der Waals surface area contributed by atoms with E-state index in [4.69, 9.17) is 20.2 Å². The molecule has 6 heteroatoms. The third kappa shape index (κ3) is 9.85. The van der Waals surface area contributed by atoms with Crippen LogP contribution in [0, 0.1) is 23.2 Å². The number of allylic oxidation sites excluding steroid dienone is 3. The molecule has 0 saturated heterocycles. The Labute approximate surface area is 293 Å². The number of carbonyl (C=O) groups is 1. The summed E-state index contributed by atoms with van der Waals surface area (Å²) in [4.78, 5) is 11.5. The zero-order valence-electron chi connectivity index (χ0n) is 33.5. The van der Waals surface area contributed by atoms with Gasteiger partial charge in [-0.1, -0.05) is 86.1 Å². The van der Waals surface area contributed by atoms with Gasteiger partial charge < -0.3 is 13.6 Å². The summed E-state index contributed by atoms with van der Waals surface area (Å²) in [6, 6.07) is 0. The lowest BCUT2D eigenvalue weighted by molar-refractivity contribution is -0.154. The Bertz CT molecular complexity index is 1180. The summed E-state index contributed by atoms with van der Waals surface area (Å²) in [5.41, 5.74) is 4.14. The summed E-state index contributed by atoms with van der Waals surface area (Å²) in [5, 5.41) is 0.317. The normalized spacial score (nSPS) is 30.5. The van der Waals surface area contributed by atoms with Crippen LogP contribution in [0.3, 0.4) is 0 Å². The van der Waals surface area contributed by atoms with Crippen molar-refractivity contribution in [3.63, 3.8) is 0 Å². The molecule has 0 aromatic rings. The van der Waals surface area contributed by atoms with Gasteiger partial charge in [0.25, 0.3) is 0 Å². The zero-order valence-corrected chi connectivity index (χ0v) is 35.5. The molecule has 3 aliphatic rings. The Morgan fingerprint density at radius 1 is 0.979 bits per heavy atom. The zero-order chi connectivity index (χ0) is 35.8. The molecule has 3 rings (SSSR count). The number of hydrogen-bond acceptors (Lipinski definition) is 4. The smallest absolute Gasteiger partial charge is 0.303 e. The van der Waals surface area contributed by atoms with Gasteiger partial charge in [0.2, 0.25) is 0 Å². The van der Waals surface area contributed by atoms with Gasteiger partial charge in [0.05, 0.1) is 12.2 Å². The van der Waals surface area contributed by atoms with Crippen molar-refractivity contribution < 1.29 is 18.4 Å². The largest absolute Gasteiger partial charge is 0.460 e. The van der Waals surface area contributed by atoms with Crippen molar-refractivity contribution in [2.75, 3.05) is 0 Å². The van der Waals surface area contributed by atoms with E-state index >= 15 is 0 Å². The number of esters is 1. The topological polar surface area (TPSA) is 44.8 Å². The van der Waals surface area contributed by atoms with Gasteiger partial charge in [-0.25, -0.2) is 0 Å². The highest BCUT2D eigenvalue weighted by molar-refractivity contribution is 6.74. The van der Waals surface area contributed by atoms with Gasteiger partial charge in [-0.15, -0.1) is 0 Å². The SMILES string of the molecule is C=C1/C(=C\C=C2/CCC[C@]3(C)[C@@H]2CC[C@H]3[C@@H](C)CCCC(C)(C)OC(C)=O)C[C@@H](O[Si](C)(C)C(C)(C)C)C[C@@H]1O[Si](C)(C)C(C)(C)C. The second kappa shape index (κ2) is 14.7. The van der Waals surface area contributed by atoms with Crippen molar-refractivity contribution in [2.24, 2.45) is 23.2 Å². The van der Waals surface area contributed by atoms with Crippen LogP contribution in [0.15, 0.2) is 35.5 Å². The maximum absolute atomic E-state index is 11.5. The van der Waals surface area contributed by atoms with Crippen molar-refractivity contribution in [3.8, 4) is 0 Å². The summed E-state index contributed by atoms with van der Waals surface area (Å²) in [7, 11) is -3.92. The van der Waals surface area contributed by atoms with E-state index in [9.17, 15) is 4.79 Å². The van der Waals surface area contributed by atoms with Crippen LogP contribution in [-0.4, -0.2) is 40.4 Å². The molecule has 0 aromatic carbocycles. The van der Waals surface area contributed by atoms with Gasteiger partial charge in [-0.2, -0.15) is 0 Å². The molecule has 3 aliphatic carbocycles. The van der Waals surface area contributed by atoms with Crippen LogP contribution < -0.4 is 0 Å². The molecule has 0 aliphatic heterocycles. The molecule has 0 bridgehead atoms. The van der Waals surface area contributed by atoms with Crippen molar-refractivity contribution in [1.82, 2.24) is 0 Å². The molecule has 0 spiro atoms. The molecule has 0 N–H and O–H groups in total. The van der Waals surface area contributed by atoms with Crippen molar-refractivity contribution in [2.45, 2.75) is 194 Å². The highest BCUT2D eigenvalue weighted by Crippen LogP contribution is 2.60. The first kappa shape index (κ1) is 40.5. The van der Waals surface area contributed by atoms with E-state index in [1.54, 1.807) is 5.57 Å². The molecule has 0 aromatic heterocycles. The quantitative estimate of drug-likeness (QED) is 0.160. The van der Waals surface area contributed by atoms with E-state index in [1.165, 1.54) is 56.6 Å². The first-order valence-corrected chi connectivity index (χ1v) is 24.8. The molecule has 6 atom stereocenters. The molecule has 3 fully saturated rings. The van der Waals surface area contributed by atoms with Gasteiger partial charge in [-0.3, -0.25) is 4.79 Å². The lowest BCUT2D eigenvalue weighted by Gasteiger charge is -2.46. The molecule has 0 amide bonds. The Kier molecular flexibility index (Phi) is 12.7. The van der Waals surface area contributed by atoms with Crippen molar-refractivity contribution in [3.05, 3.63) is 35.5 Å². The average Bonchev–Trinajstić information content (AvgIpc) is 3.24. The molecule has 4 nitrogen and oxygen atoms in total. The average molecular weight is 687 g/mol. The van der Waals surface area contributed by atoms with E-state index in [2.05, 4.69) is 93.7 Å². The van der Waals surface area contributed by atoms with Crippen LogP contribution in [0.25, 0.3) is 0 Å². The van der Waals surface area contributed by atoms with E-state index in [1.807, 2.05) is 13.8 Å². The van der Waals surface area contributed by atoms with Crippen molar-refractivity contribution >= 4 is 22.6 Å². The Hall–Kier alpha value is -0.956. The molecular weight excluding hydrogens is 613 g/mol. The first-order valence-electron chi connectivity index (χ1n) is 18.9. The van der Waals surface area contributed by atoms with Crippen LogP contribution in [0.1, 0.15) is 140 Å². The third-order valence-corrected chi connectivity index (χ3v) is 22.3. The number of fused-ring (bicyclic) bond motifs is 1. The molecule has 0 unspecified atom stereocenters. The fraction of sp³-hybridized carbons (Fsp3) is 0.829. The molecule has 0 radical (unpaired) electrons. The predicted molar refractivity (Wildman–Crippen MR) is 206 cm³/mol. The Balaban J connectivity index is 1.83. The van der Waals surface area contributed by atoms with Crippen LogP contribution in [-0.2, 0) is 18.4 Å². The summed E-state index contributed by atoms with van der Waals surface area (Å²) < 4.78 is 19.8. The van der Waals surface area contributed by atoms with E-state index in [-0.39, 0.29) is 33.9 Å². The molecule has 0 heterocycles. The molecule has 3 saturated carbocycles. The number of carbonyl (C=O) groups excluding carboxylic acids is 1. The predicted octanol–water partition coefficient (Wildman–Crippen LogP) is 12.3. The highest BCUT2D eigenvalue weighted by Gasteiger charge is 2.51. The van der Waals surface area contributed by atoms with E-state index in [0.717, 1.165) is 31.6 Å². The second-order valence-electron chi connectivity index (χ2n) is 19.6. The summed E-state index contributed by atoms with van der Waals surface area (Å²) in [5.74, 6) is 1.90. The standard InChI is InChI=1S/C41H74O4Si2/c1-29(19-17-25-40(10,11)43-31(3)42)35-23-24-36-32(20-18-26-41(35,36)12)21-22-33-27-34(44-46(13,14)38(4,5)6)28-37(30(33)2)45-47(15,16)39(7,8)9/h21-22,29,34-37H,2,17-20,23-28H2,1,3-16H3/b32-21+,33-22-/t29-,34+,35-,36+,37-,41-/m0/s1. The maximum atomic E-state index is 11.5. The maximum Gasteiger partial charge on any atom is 0.303 e. The monoisotopic (exact) mass is 687 g/mol. The summed E-state index contributed by atoms with van der Waals surface area (Å²) in [6.07, 6.45) is 16.6. The number of ether oxygens (including phenoxy) is 1. The van der Waals surface area contributed by atoms with Gasteiger partial charge in [0.1, 0.15) is 5.60 Å². The minimum atomic E-state index is -1.99. The minimum Gasteiger partial charge on any atom is -0.460 e. The lowest BCUT2D eigenvalue weighted by atomic mass is 9.60. The van der Waals surface area contributed by atoms with Crippen LogP contribution in [0.4, 0.5) is 0 Å². The number of rotatable bonds is 11. The van der Waals surface area contributed by atoms with Gasteiger partial charge in [0.15, 0.2) is 16.6 Å². The van der Waals surface area contributed by atoms with Crippen LogP contribution >= 0.6 is 0 Å². The minimum absolute atomic E-state index is 0.0169. The molecule has 47 heavy (non-hydrogen) atoms. The van der Waals surface area contributed by atoms with Gasteiger partial charge >= 0.3 is 5.97 Å². The molecular formula is C41H74O4Si2. The van der Waals surface area contributed by atoms with E-state index in [0.29, 0.717) is 17.3 Å². The van der Waals surface area contributed by atoms with Crippen molar-refractivity contribution in [1.29, 1.82) is 0 Å². The van der Waals surface area contributed by atoms with Gasteiger partial charge in [0, 0.05) is 13.3 Å². The summed E-state index contributed by atoms with van der Waals surface area (Å²) >= 11 is 0. The van der Waals surface area contributed by atoms with Crippen LogP contribution in [0.2, 0.25) is 36.3 Å². The Morgan fingerprint density at radius 2 is 1.57 bits per heavy atom.